The number of anilines is 1. The highest BCUT2D eigenvalue weighted by Crippen LogP contribution is 2.34. The van der Waals surface area contributed by atoms with Gasteiger partial charge in [-0.1, -0.05) is 25.0 Å². The van der Waals surface area contributed by atoms with E-state index in [9.17, 15) is 22.8 Å². The van der Waals surface area contributed by atoms with Crippen LogP contribution in [0.15, 0.2) is 30.3 Å². The number of hydrogen-bond donors (Lipinski definition) is 2. The molecule has 1 fully saturated rings. The van der Waals surface area contributed by atoms with Crippen LogP contribution >= 0.6 is 0 Å². The maximum absolute atomic E-state index is 13.3. The zero-order valence-corrected chi connectivity index (χ0v) is 21.8. The Morgan fingerprint density at radius 2 is 2.00 bits per heavy atom. The number of carbonyl (C=O) groups is 2. The highest BCUT2D eigenvalue weighted by Gasteiger charge is 2.33. The number of carbonyl (C=O) groups excluding carboxylic acids is 2. The number of rotatable bonds is 10. The lowest BCUT2D eigenvalue weighted by molar-refractivity contribution is -0.153. The summed E-state index contributed by atoms with van der Waals surface area (Å²) in [6.45, 7) is 1.05. The van der Waals surface area contributed by atoms with Crippen molar-refractivity contribution in [2.45, 2.75) is 64.2 Å². The summed E-state index contributed by atoms with van der Waals surface area (Å²) >= 11 is 0. The molecule has 2 aromatic heterocycles. The van der Waals surface area contributed by atoms with E-state index in [1.807, 2.05) is 6.07 Å². The van der Waals surface area contributed by atoms with Gasteiger partial charge >= 0.3 is 6.18 Å². The number of aryl methyl sites for hydroxylation is 4. The molecule has 0 saturated heterocycles. The van der Waals surface area contributed by atoms with Crippen LogP contribution in [0, 0.1) is 12.8 Å². The molecule has 5 rings (SSSR count). The smallest absolute Gasteiger partial charge is 0.422 e. The molecule has 0 radical (unpaired) electrons. The highest BCUT2D eigenvalue weighted by atomic mass is 19.4. The van der Waals surface area contributed by atoms with Gasteiger partial charge in [-0.25, -0.2) is 4.68 Å². The summed E-state index contributed by atoms with van der Waals surface area (Å²) in [5, 5.41) is 14.9. The molecule has 1 saturated carbocycles. The molecule has 2 N–H and O–H groups in total. The molecule has 0 unspecified atom stereocenters. The first-order valence-electron chi connectivity index (χ1n) is 13.1. The van der Waals surface area contributed by atoms with Crippen molar-refractivity contribution in [3.8, 4) is 5.75 Å². The molecule has 208 valence electrons. The molecular formula is C27H31F3N6O3. The predicted octanol–water partition coefficient (Wildman–Crippen LogP) is 4.21. The molecule has 0 spiro atoms. The second-order valence-electron chi connectivity index (χ2n) is 10.3. The average Bonchev–Trinajstić information content (AvgIpc) is 3.55. The van der Waals surface area contributed by atoms with Crippen molar-refractivity contribution in [2.24, 2.45) is 13.0 Å². The van der Waals surface area contributed by atoms with Gasteiger partial charge in [-0.3, -0.25) is 14.3 Å². The van der Waals surface area contributed by atoms with Gasteiger partial charge in [0.1, 0.15) is 22.8 Å². The Labute approximate surface area is 223 Å². The molecule has 3 aromatic rings. The third-order valence-corrected chi connectivity index (χ3v) is 7.02. The van der Waals surface area contributed by atoms with E-state index < -0.39 is 12.8 Å². The highest BCUT2D eigenvalue weighted by molar-refractivity contribution is 6.08. The van der Waals surface area contributed by atoms with E-state index in [2.05, 4.69) is 15.7 Å². The Morgan fingerprint density at radius 3 is 2.69 bits per heavy atom. The molecule has 2 aliphatic rings. The van der Waals surface area contributed by atoms with Gasteiger partial charge in [-0.2, -0.15) is 23.4 Å². The minimum absolute atomic E-state index is 0.151. The number of nitrogens with zero attached hydrogens (tertiary/aromatic N) is 4. The van der Waals surface area contributed by atoms with Crippen LogP contribution in [-0.4, -0.2) is 50.2 Å². The van der Waals surface area contributed by atoms with Crippen molar-refractivity contribution in [3.63, 3.8) is 0 Å². The monoisotopic (exact) mass is 544 g/mol. The SMILES string of the molecule is Cc1cc(C(=O)Nc2c3c(nn2CCC2CC2)C[C@H](CCc2cccc(OCC(F)(F)F)c2)NC3=O)n(C)n1. The van der Waals surface area contributed by atoms with Crippen LogP contribution in [0.4, 0.5) is 19.0 Å². The number of alkyl halides is 3. The van der Waals surface area contributed by atoms with E-state index in [0.29, 0.717) is 60.2 Å². The Kier molecular flexibility index (Phi) is 7.37. The quantitative estimate of drug-likeness (QED) is 0.398. The lowest BCUT2D eigenvalue weighted by Gasteiger charge is -2.23. The molecule has 9 nitrogen and oxygen atoms in total. The number of hydrogen-bond acceptors (Lipinski definition) is 5. The molecule has 3 heterocycles. The van der Waals surface area contributed by atoms with Crippen molar-refractivity contribution >= 4 is 17.6 Å². The number of fused-ring (bicyclic) bond motifs is 1. The summed E-state index contributed by atoms with van der Waals surface area (Å²) in [4.78, 5) is 26.3. The number of ether oxygens (including phenoxy) is 1. The second kappa shape index (κ2) is 10.7. The van der Waals surface area contributed by atoms with Crippen LogP contribution in [0.25, 0.3) is 0 Å². The second-order valence-corrected chi connectivity index (χ2v) is 10.3. The first-order valence-corrected chi connectivity index (χ1v) is 13.1. The van der Waals surface area contributed by atoms with Crippen LogP contribution < -0.4 is 15.4 Å². The van der Waals surface area contributed by atoms with Crippen LogP contribution in [0.3, 0.4) is 0 Å². The molecular weight excluding hydrogens is 513 g/mol. The first kappa shape index (κ1) is 26.8. The fraction of sp³-hybridized carbons (Fsp3) is 0.481. The van der Waals surface area contributed by atoms with Crippen LogP contribution in [-0.2, 0) is 26.4 Å². The molecule has 2 amide bonds. The topological polar surface area (TPSA) is 103 Å². The number of amides is 2. The number of aromatic nitrogens is 4. The fourth-order valence-electron chi connectivity index (χ4n) is 4.90. The Morgan fingerprint density at radius 1 is 1.21 bits per heavy atom. The van der Waals surface area contributed by atoms with E-state index in [0.717, 1.165) is 12.0 Å². The molecule has 1 aliphatic heterocycles. The van der Waals surface area contributed by atoms with Gasteiger partial charge in [0, 0.05) is 26.1 Å². The van der Waals surface area contributed by atoms with E-state index >= 15 is 0 Å². The van der Waals surface area contributed by atoms with Crippen molar-refractivity contribution in [1.29, 1.82) is 0 Å². The third-order valence-electron chi connectivity index (χ3n) is 7.02. The molecule has 12 heteroatoms. The lowest BCUT2D eigenvalue weighted by Crippen LogP contribution is -2.41. The summed E-state index contributed by atoms with van der Waals surface area (Å²) in [6.07, 6.45) is 0.469. The molecule has 1 aliphatic carbocycles. The summed E-state index contributed by atoms with van der Waals surface area (Å²) in [6, 6.07) is 8.02. The summed E-state index contributed by atoms with van der Waals surface area (Å²) in [5.74, 6) is 0.513. The minimum Gasteiger partial charge on any atom is -0.484 e. The lowest BCUT2D eigenvalue weighted by atomic mass is 9.96. The average molecular weight is 545 g/mol. The fourth-order valence-corrected chi connectivity index (χ4v) is 4.90. The van der Waals surface area contributed by atoms with Gasteiger partial charge in [-0.05, 0) is 55.9 Å². The predicted molar refractivity (Wildman–Crippen MR) is 137 cm³/mol. The Hall–Kier alpha value is -3.83. The van der Waals surface area contributed by atoms with E-state index in [4.69, 9.17) is 9.84 Å². The maximum atomic E-state index is 13.3. The van der Waals surface area contributed by atoms with E-state index in [1.165, 1.54) is 23.6 Å². The molecule has 39 heavy (non-hydrogen) atoms. The van der Waals surface area contributed by atoms with Crippen molar-refractivity contribution < 1.29 is 27.5 Å². The summed E-state index contributed by atoms with van der Waals surface area (Å²) in [7, 11) is 1.69. The number of benzene rings is 1. The largest absolute Gasteiger partial charge is 0.484 e. The summed E-state index contributed by atoms with van der Waals surface area (Å²) in [5.41, 5.74) is 2.90. The van der Waals surface area contributed by atoms with Gasteiger partial charge in [0.05, 0.1) is 11.4 Å². The van der Waals surface area contributed by atoms with E-state index in [-0.39, 0.29) is 23.6 Å². The zero-order valence-electron chi connectivity index (χ0n) is 21.8. The van der Waals surface area contributed by atoms with Gasteiger partial charge in [0.15, 0.2) is 6.61 Å². The Bertz CT molecular complexity index is 1380. The maximum Gasteiger partial charge on any atom is 0.422 e. The van der Waals surface area contributed by atoms with Gasteiger partial charge < -0.3 is 15.4 Å². The third kappa shape index (κ3) is 6.61. The van der Waals surface area contributed by atoms with Crippen molar-refractivity contribution in [1.82, 2.24) is 24.9 Å². The molecule has 1 atom stereocenters. The summed E-state index contributed by atoms with van der Waals surface area (Å²) < 4.78 is 45.5. The molecule has 1 aromatic carbocycles. The van der Waals surface area contributed by atoms with Gasteiger partial charge in [-0.15, -0.1) is 0 Å². The van der Waals surface area contributed by atoms with Crippen LogP contribution in [0.1, 0.15) is 63.5 Å². The van der Waals surface area contributed by atoms with Crippen molar-refractivity contribution in [2.75, 3.05) is 11.9 Å². The number of nitrogens with one attached hydrogen (secondary N) is 2. The first-order chi connectivity index (χ1) is 18.6. The minimum atomic E-state index is -4.41. The molecule has 0 bridgehead atoms. The van der Waals surface area contributed by atoms with Crippen LogP contribution in [0.5, 0.6) is 5.75 Å². The standard InChI is InChI=1S/C27H31F3N6O3/c1-16-12-22(35(2)33-16)25(37)32-24-23-21(34-36(24)11-10-17-6-7-17)14-19(31-26(23)38)9-8-18-4-3-5-20(13-18)39-15-27(28,29)30/h3-5,12-13,17,19H,6-11,14-15H2,1-2H3,(H,31,38)(H,32,37)/t19-/m0/s1. The normalized spacial score (nSPS) is 17.1. The zero-order chi connectivity index (χ0) is 27.7. The van der Waals surface area contributed by atoms with Crippen molar-refractivity contribution in [3.05, 3.63) is 58.5 Å². The van der Waals surface area contributed by atoms with Crippen LogP contribution in [0.2, 0.25) is 0 Å². The Balaban J connectivity index is 1.29. The van der Waals surface area contributed by atoms with Gasteiger partial charge in [0.25, 0.3) is 11.8 Å². The van der Waals surface area contributed by atoms with Gasteiger partial charge in [0.2, 0.25) is 0 Å². The number of halogens is 3. The van der Waals surface area contributed by atoms with E-state index in [1.54, 1.807) is 36.9 Å².